The summed E-state index contributed by atoms with van der Waals surface area (Å²) in [6, 6.07) is 5.56. The Kier molecular flexibility index (Phi) is 4.44. The van der Waals surface area contributed by atoms with E-state index in [-0.39, 0.29) is 11.3 Å². The monoisotopic (exact) mass is 346 g/mol. The van der Waals surface area contributed by atoms with E-state index in [9.17, 15) is 9.59 Å². The molecule has 6 nitrogen and oxygen atoms in total. The van der Waals surface area contributed by atoms with Crippen LogP contribution >= 0.6 is 23.1 Å². The fraction of sp³-hybridized carbons (Fsp3) is 0.200. The molecule has 0 unspecified atom stereocenters. The lowest BCUT2D eigenvalue weighted by Crippen LogP contribution is -2.24. The molecule has 0 radical (unpaired) electrons. The van der Waals surface area contributed by atoms with Crippen LogP contribution < -0.4 is 11.3 Å². The van der Waals surface area contributed by atoms with Crippen LogP contribution in [0.2, 0.25) is 0 Å². The fourth-order valence-corrected chi connectivity index (χ4v) is 3.84. The second-order valence-corrected chi connectivity index (χ2v) is 7.16. The minimum atomic E-state index is -0.445. The molecule has 0 fully saturated rings. The maximum atomic E-state index is 12.8. The highest BCUT2D eigenvalue weighted by molar-refractivity contribution is 7.99. The average Bonchev–Trinajstić information content (AvgIpc) is 2.90. The number of fused-ring (bicyclic) bond motifs is 1. The molecule has 8 heteroatoms. The molecular weight excluding hydrogens is 332 g/mol. The predicted molar refractivity (Wildman–Crippen MR) is 91.9 cm³/mol. The van der Waals surface area contributed by atoms with E-state index in [0.717, 1.165) is 10.4 Å². The number of carbonyl (C=O) groups is 1. The molecule has 3 rings (SSSR count). The third-order valence-corrected chi connectivity index (χ3v) is 5.09. The molecule has 0 atom stereocenters. The number of hydrogen-bond donors (Lipinski definition) is 1. The Bertz CT molecular complexity index is 918. The van der Waals surface area contributed by atoms with E-state index in [2.05, 4.69) is 9.97 Å². The predicted octanol–water partition coefficient (Wildman–Crippen LogP) is 1.79. The van der Waals surface area contributed by atoms with E-state index in [1.807, 2.05) is 25.1 Å². The number of pyridine rings is 1. The highest BCUT2D eigenvalue weighted by Gasteiger charge is 2.15. The number of amides is 1. The Labute approximate surface area is 140 Å². The van der Waals surface area contributed by atoms with Crippen LogP contribution in [-0.2, 0) is 11.3 Å². The summed E-state index contributed by atoms with van der Waals surface area (Å²) in [5.41, 5.74) is 5.99. The number of carbonyl (C=O) groups excluding carboxylic acids is 1. The van der Waals surface area contributed by atoms with Gasteiger partial charge in [0.05, 0.1) is 17.7 Å². The number of aryl methyl sites for hydroxylation is 1. The van der Waals surface area contributed by atoms with Crippen LogP contribution in [0.4, 0.5) is 0 Å². The summed E-state index contributed by atoms with van der Waals surface area (Å²) in [4.78, 5) is 34.2. The molecule has 0 aliphatic heterocycles. The number of hydrogen-bond acceptors (Lipinski definition) is 6. The van der Waals surface area contributed by atoms with Gasteiger partial charge in [0.2, 0.25) is 5.91 Å². The molecule has 0 aromatic carbocycles. The van der Waals surface area contributed by atoms with Gasteiger partial charge in [0.1, 0.15) is 4.83 Å². The van der Waals surface area contributed by atoms with E-state index < -0.39 is 5.91 Å². The molecule has 1 amide bonds. The summed E-state index contributed by atoms with van der Waals surface area (Å²) in [7, 11) is 0. The lowest BCUT2D eigenvalue weighted by Gasteiger charge is -2.11. The van der Waals surface area contributed by atoms with Crippen molar-refractivity contribution in [2.24, 2.45) is 5.73 Å². The first kappa shape index (κ1) is 15.7. The lowest BCUT2D eigenvalue weighted by atomic mass is 10.3. The summed E-state index contributed by atoms with van der Waals surface area (Å²) in [6.45, 7) is 2.29. The third kappa shape index (κ3) is 3.43. The van der Waals surface area contributed by atoms with Crippen molar-refractivity contribution in [3.05, 3.63) is 51.4 Å². The molecule has 0 saturated heterocycles. The molecule has 0 saturated carbocycles. The standard InChI is InChI=1S/C15H14N4O2S2/c1-9-5-11-13(23-9)18-15(22-8-12(16)20)19(14(11)21)7-10-3-2-4-17-6-10/h2-6H,7-8H2,1H3,(H2,16,20). The van der Waals surface area contributed by atoms with Gasteiger partial charge in [-0.3, -0.25) is 19.1 Å². The number of rotatable bonds is 5. The summed E-state index contributed by atoms with van der Waals surface area (Å²) < 4.78 is 1.57. The Morgan fingerprint density at radius 2 is 2.30 bits per heavy atom. The summed E-state index contributed by atoms with van der Waals surface area (Å²) in [6.07, 6.45) is 3.39. The fourth-order valence-electron chi connectivity index (χ4n) is 2.18. The zero-order chi connectivity index (χ0) is 16.4. The zero-order valence-corrected chi connectivity index (χ0v) is 14.0. The molecule has 3 aromatic rings. The van der Waals surface area contributed by atoms with Crippen molar-refractivity contribution >= 4 is 39.2 Å². The maximum Gasteiger partial charge on any atom is 0.263 e. The van der Waals surface area contributed by atoms with E-state index in [4.69, 9.17) is 5.73 Å². The first-order valence-electron chi connectivity index (χ1n) is 6.85. The average molecular weight is 346 g/mol. The number of nitrogens with zero attached hydrogens (tertiary/aromatic N) is 3. The van der Waals surface area contributed by atoms with E-state index in [0.29, 0.717) is 21.9 Å². The lowest BCUT2D eigenvalue weighted by molar-refractivity contribution is -0.115. The summed E-state index contributed by atoms with van der Waals surface area (Å²) >= 11 is 2.64. The van der Waals surface area contributed by atoms with Gasteiger partial charge in [-0.2, -0.15) is 0 Å². The molecule has 2 N–H and O–H groups in total. The van der Waals surface area contributed by atoms with E-state index >= 15 is 0 Å². The quantitative estimate of drug-likeness (QED) is 0.562. The topological polar surface area (TPSA) is 90.9 Å². The molecule has 3 heterocycles. The zero-order valence-electron chi connectivity index (χ0n) is 12.4. The molecule has 23 heavy (non-hydrogen) atoms. The molecule has 0 aliphatic carbocycles. The Morgan fingerprint density at radius 3 is 3.00 bits per heavy atom. The minimum absolute atomic E-state index is 0.0787. The van der Waals surface area contributed by atoms with Crippen LogP contribution in [0.3, 0.4) is 0 Å². The smallest absolute Gasteiger partial charge is 0.263 e. The highest BCUT2D eigenvalue weighted by Crippen LogP contribution is 2.24. The largest absolute Gasteiger partial charge is 0.369 e. The number of thioether (sulfide) groups is 1. The minimum Gasteiger partial charge on any atom is -0.369 e. The summed E-state index contributed by atoms with van der Waals surface area (Å²) in [5, 5.41) is 1.09. The van der Waals surface area contributed by atoms with Crippen LogP contribution in [-0.4, -0.2) is 26.2 Å². The second-order valence-electron chi connectivity index (χ2n) is 4.98. The van der Waals surface area contributed by atoms with Crippen LogP contribution in [0.25, 0.3) is 10.2 Å². The van der Waals surface area contributed by atoms with E-state index in [1.54, 1.807) is 17.0 Å². The second kappa shape index (κ2) is 6.51. The van der Waals surface area contributed by atoms with Crippen molar-refractivity contribution in [2.75, 3.05) is 5.75 Å². The van der Waals surface area contributed by atoms with Crippen molar-refractivity contribution in [3.63, 3.8) is 0 Å². The maximum absolute atomic E-state index is 12.8. The Balaban J connectivity index is 2.11. The first-order valence-corrected chi connectivity index (χ1v) is 8.66. The number of primary amides is 1. The summed E-state index contributed by atoms with van der Waals surface area (Å²) in [5.74, 6) is -0.366. The van der Waals surface area contributed by atoms with Gasteiger partial charge >= 0.3 is 0 Å². The highest BCUT2D eigenvalue weighted by atomic mass is 32.2. The third-order valence-electron chi connectivity index (χ3n) is 3.15. The molecule has 3 aromatic heterocycles. The molecular formula is C15H14N4O2S2. The van der Waals surface area contributed by atoms with Gasteiger partial charge in [0, 0.05) is 17.3 Å². The van der Waals surface area contributed by atoms with Crippen molar-refractivity contribution in [3.8, 4) is 0 Å². The van der Waals surface area contributed by atoms with Gasteiger partial charge in [-0.15, -0.1) is 11.3 Å². The van der Waals surface area contributed by atoms with Gasteiger partial charge in [-0.1, -0.05) is 17.8 Å². The van der Waals surface area contributed by atoms with Gasteiger partial charge in [0.15, 0.2) is 5.16 Å². The molecule has 118 valence electrons. The Morgan fingerprint density at radius 1 is 1.48 bits per heavy atom. The van der Waals surface area contributed by atoms with Gasteiger partial charge < -0.3 is 5.73 Å². The van der Waals surface area contributed by atoms with Crippen LogP contribution in [0.5, 0.6) is 0 Å². The van der Waals surface area contributed by atoms with Crippen molar-refractivity contribution < 1.29 is 4.79 Å². The molecule has 0 bridgehead atoms. The van der Waals surface area contributed by atoms with Crippen LogP contribution in [0.15, 0.2) is 40.5 Å². The van der Waals surface area contributed by atoms with Gasteiger partial charge in [-0.05, 0) is 24.6 Å². The molecule has 0 aliphatic rings. The van der Waals surface area contributed by atoms with Crippen molar-refractivity contribution in [1.82, 2.24) is 14.5 Å². The number of aromatic nitrogens is 3. The SMILES string of the molecule is Cc1cc2c(=O)n(Cc3cccnc3)c(SCC(N)=O)nc2s1. The number of thiophene rings is 1. The molecule has 0 spiro atoms. The van der Waals surface area contributed by atoms with Crippen molar-refractivity contribution in [1.29, 1.82) is 0 Å². The van der Waals surface area contributed by atoms with Crippen molar-refractivity contribution in [2.45, 2.75) is 18.6 Å². The number of nitrogens with two attached hydrogens (primary N) is 1. The van der Waals surface area contributed by atoms with Gasteiger partial charge in [0.25, 0.3) is 5.56 Å². The van der Waals surface area contributed by atoms with E-state index in [1.165, 1.54) is 23.1 Å². The Hall–Kier alpha value is -2.19. The van der Waals surface area contributed by atoms with Gasteiger partial charge in [-0.25, -0.2) is 4.98 Å². The normalized spacial score (nSPS) is 11.0. The van der Waals surface area contributed by atoms with Crippen LogP contribution in [0, 0.1) is 6.92 Å². The van der Waals surface area contributed by atoms with Crippen LogP contribution in [0.1, 0.15) is 10.4 Å². The first-order chi connectivity index (χ1) is 11.0.